The highest BCUT2D eigenvalue weighted by Crippen LogP contribution is 2.35. The van der Waals surface area contributed by atoms with E-state index in [0.29, 0.717) is 11.8 Å². The third-order valence-corrected chi connectivity index (χ3v) is 4.41. The van der Waals surface area contributed by atoms with Gasteiger partial charge in [-0.05, 0) is 38.1 Å². The summed E-state index contributed by atoms with van der Waals surface area (Å²) in [6.07, 6.45) is 7.50. The first-order valence-corrected chi connectivity index (χ1v) is 7.37. The van der Waals surface area contributed by atoms with Crippen molar-refractivity contribution in [3.63, 3.8) is 0 Å². The van der Waals surface area contributed by atoms with Gasteiger partial charge in [-0.2, -0.15) is 4.98 Å². The third kappa shape index (κ3) is 2.58. The number of rotatable bonds is 2. The third-order valence-electron chi connectivity index (χ3n) is 4.41. The summed E-state index contributed by atoms with van der Waals surface area (Å²) in [5.74, 6) is 3.59. The second-order valence-electron chi connectivity index (χ2n) is 6.00. The molecule has 1 N–H and O–H groups in total. The van der Waals surface area contributed by atoms with E-state index in [1.807, 2.05) is 0 Å². The second kappa shape index (κ2) is 5.39. The molecule has 0 aromatic carbocycles. The average molecular weight is 249 g/mol. The number of aromatic nitrogens is 2. The first-order chi connectivity index (χ1) is 8.83. The predicted molar refractivity (Wildman–Crippen MR) is 69.5 cm³/mol. The van der Waals surface area contributed by atoms with Crippen LogP contribution in [0.4, 0.5) is 0 Å². The molecule has 0 amide bonds. The lowest BCUT2D eigenvalue weighted by Crippen LogP contribution is -2.28. The van der Waals surface area contributed by atoms with Crippen LogP contribution in [0, 0.1) is 5.92 Å². The molecule has 1 aliphatic carbocycles. The van der Waals surface area contributed by atoms with Gasteiger partial charge in [-0.3, -0.25) is 0 Å². The Hall–Kier alpha value is -0.900. The molecule has 3 atom stereocenters. The number of piperidine rings is 1. The van der Waals surface area contributed by atoms with Gasteiger partial charge < -0.3 is 9.84 Å². The Kier molecular flexibility index (Phi) is 3.64. The van der Waals surface area contributed by atoms with Crippen LogP contribution in [-0.4, -0.2) is 23.2 Å². The van der Waals surface area contributed by atoms with Crippen molar-refractivity contribution in [3.05, 3.63) is 11.7 Å². The van der Waals surface area contributed by atoms with Crippen molar-refractivity contribution >= 4 is 0 Å². The maximum absolute atomic E-state index is 5.49. The number of hydrogen-bond acceptors (Lipinski definition) is 4. The maximum atomic E-state index is 5.49. The van der Waals surface area contributed by atoms with E-state index < -0.39 is 0 Å². The zero-order valence-electron chi connectivity index (χ0n) is 11.2. The number of nitrogens with one attached hydrogen (secondary N) is 1. The quantitative estimate of drug-likeness (QED) is 0.875. The maximum Gasteiger partial charge on any atom is 0.231 e. The Morgan fingerprint density at radius 3 is 2.83 bits per heavy atom. The average Bonchev–Trinajstić information content (AvgIpc) is 2.89. The minimum atomic E-state index is 0.431. The van der Waals surface area contributed by atoms with Crippen LogP contribution in [-0.2, 0) is 0 Å². The van der Waals surface area contributed by atoms with Gasteiger partial charge in [-0.1, -0.05) is 24.9 Å². The Balaban J connectivity index is 1.68. The van der Waals surface area contributed by atoms with Crippen molar-refractivity contribution in [2.24, 2.45) is 5.92 Å². The highest BCUT2D eigenvalue weighted by Gasteiger charge is 2.27. The van der Waals surface area contributed by atoms with Gasteiger partial charge in [0.2, 0.25) is 5.89 Å². The van der Waals surface area contributed by atoms with Crippen LogP contribution in [0.1, 0.15) is 69.0 Å². The summed E-state index contributed by atoms with van der Waals surface area (Å²) >= 11 is 0. The fourth-order valence-corrected chi connectivity index (χ4v) is 3.31. The molecule has 18 heavy (non-hydrogen) atoms. The van der Waals surface area contributed by atoms with Gasteiger partial charge in [-0.25, -0.2) is 0 Å². The molecular formula is C14H23N3O. The zero-order chi connectivity index (χ0) is 12.4. The van der Waals surface area contributed by atoms with E-state index in [2.05, 4.69) is 22.4 Å². The van der Waals surface area contributed by atoms with E-state index in [1.54, 1.807) is 0 Å². The molecule has 4 nitrogen and oxygen atoms in total. The van der Waals surface area contributed by atoms with Crippen molar-refractivity contribution in [2.75, 3.05) is 13.1 Å². The van der Waals surface area contributed by atoms with Crippen molar-refractivity contribution in [1.29, 1.82) is 0 Å². The number of nitrogens with zero attached hydrogens (tertiary/aromatic N) is 2. The summed E-state index contributed by atoms with van der Waals surface area (Å²) in [5, 5.41) is 7.64. The topological polar surface area (TPSA) is 51.0 Å². The largest absolute Gasteiger partial charge is 0.339 e. The molecule has 1 saturated heterocycles. The summed E-state index contributed by atoms with van der Waals surface area (Å²) in [5.41, 5.74) is 0. The second-order valence-corrected chi connectivity index (χ2v) is 6.00. The Morgan fingerprint density at radius 1 is 1.17 bits per heavy atom. The molecule has 0 radical (unpaired) electrons. The Morgan fingerprint density at radius 2 is 2.06 bits per heavy atom. The van der Waals surface area contributed by atoms with Crippen LogP contribution in [0.3, 0.4) is 0 Å². The van der Waals surface area contributed by atoms with Crippen LogP contribution in [0.5, 0.6) is 0 Å². The monoisotopic (exact) mass is 249 g/mol. The molecule has 3 unspecified atom stereocenters. The Bertz CT molecular complexity index is 384. The van der Waals surface area contributed by atoms with Crippen molar-refractivity contribution in [3.8, 4) is 0 Å². The fourth-order valence-electron chi connectivity index (χ4n) is 3.31. The molecule has 1 saturated carbocycles. The summed E-state index contributed by atoms with van der Waals surface area (Å²) in [6.45, 7) is 4.44. The smallest absolute Gasteiger partial charge is 0.231 e. The van der Waals surface area contributed by atoms with Crippen LogP contribution in [0.2, 0.25) is 0 Å². The predicted octanol–water partition coefficient (Wildman–Crippen LogP) is 2.83. The number of hydrogen-bond donors (Lipinski definition) is 1. The lowest BCUT2D eigenvalue weighted by atomic mass is 9.82. The first-order valence-electron chi connectivity index (χ1n) is 7.37. The van der Waals surface area contributed by atoms with E-state index in [-0.39, 0.29) is 0 Å². The van der Waals surface area contributed by atoms with Gasteiger partial charge in [0.1, 0.15) is 0 Å². The molecule has 2 aliphatic rings. The van der Waals surface area contributed by atoms with E-state index >= 15 is 0 Å². The molecular weight excluding hydrogens is 226 g/mol. The van der Waals surface area contributed by atoms with Gasteiger partial charge in [0.15, 0.2) is 5.82 Å². The van der Waals surface area contributed by atoms with Gasteiger partial charge >= 0.3 is 0 Å². The highest BCUT2D eigenvalue weighted by atomic mass is 16.5. The van der Waals surface area contributed by atoms with Crippen LogP contribution in [0.15, 0.2) is 4.52 Å². The molecule has 100 valence electrons. The van der Waals surface area contributed by atoms with E-state index in [9.17, 15) is 0 Å². The minimum absolute atomic E-state index is 0.431. The van der Waals surface area contributed by atoms with Crippen molar-refractivity contribution in [1.82, 2.24) is 15.5 Å². The minimum Gasteiger partial charge on any atom is -0.339 e. The molecule has 2 fully saturated rings. The molecule has 4 heteroatoms. The summed E-state index contributed by atoms with van der Waals surface area (Å²) in [6, 6.07) is 0. The fraction of sp³-hybridized carbons (Fsp3) is 0.857. The van der Waals surface area contributed by atoms with Gasteiger partial charge in [-0.15, -0.1) is 0 Å². The normalized spacial score (nSPS) is 33.5. The first kappa shape index (κ1) is 12.2. The molecule has 0 bridgehead atoms. The SMILES string of the molecule is CC1CCCC(c2noc(C3CCCNC3)n2)C1. The van der Waals surface area contributed by atoms with Gasteiger partial charge in [0.05, 0.1) is 5.92 Å². The van der Waals surface area contributed by atoms with E-state index in [1.165, 1.54) is 38.5 Å². The molecule has 2 heterocycles. The van der Waals surface area contributed by atoms with Crippen LogP contribution < -0.4 is 5.32 Å². The molecule has 1 aliphatic heterocycles. The summed E-state index contributed by atoms with van der Waals surface area (Å²) in [4.78, 5) is 4.67. The van der Waals surface area contributed by atoms with Gasteiger partial charge in [0, 0.05) is 12.5 Å². The van der Waals surface area contributed by atoms with Crippen molar-refractivity contribution in [2.45, 2.75) is 57.3 Å². The van der Waals surface area contributed by atoms with Gasteiger partial charge in [0.25, 0.3) is 0 Å². The van der Waals surface area contributed by atoms with E-state index in [0.717, 1.165) is 30.7 Å². The lowest BCUT2D eigenvalue weighted by Gasteiger charge is -2.24. The van der Waals surface area contributed by atoms with Crippen LogP contribution in [0.25, 0.3) is 0 Å². The van der Waals surface area contributed by atoms with Crippen LogP contribution >= 0.6 is 0 Å². The van der Waals surface area contributed by atoms with E-state index in [4.69, 9.17) is 4.52 Å². The molecule has 0 spiro atoms. The lowest BCUT2D eigenvalue weighted by molar-refractivity contribution is 0.305. The molecule has 3 rings (SSSR count). The highest BCUT2D eigenvalue weighted by molar-refractivity contribution is 5.02. The van der Waals surface area contributed by atoms with Crippen molar-refractivity contribution < 1.29 is 4.52 Å². The standard InChI is InChI=1S/C14H23N3O/c1-10-4-2-5-11(8-10)13-16-14(18-17-13)12-6-3-7-15-9-12/h10-12,15H,2-9H2,1H3. The molecule has 1 aromatic rings. The molecule has 1 aromatic heterocycles. The zero-order valence-corrected chi connectivity index (χ0v) is 11.2. The Labute approximate surface area is 109 Å². The summed E-state index contributed by atoms with van der Waals surface area (Å²) in [7, 11) is 0. The summed E-state index contributed by atoms with van der Waals surface area (Å²) < 4.78 is 5.49.